The van der Waals surface area contributed by atoms with Gasteiger partial charge in [0.1, 0.15) is 11.3 Å². The van der Waals surface area contributed by atoms with Crippen LogP contribution in [-0.2, 0) is 7.05 Å². The molecule has 0 spiro atoms. The number of likely N-dealkylation sites (tertiary alicyclic amines) is 1. The number of carbonyl (C=O) groups excluding carboxylic acids is 1. The fourth-order valence-corrected chi connectivity index (χ4v) is 4.21. The van der Waals surface area contributed by atoms with Gasteiger partial charge in [-0.1, -0.05) is 0 Å². The van der Waals surface area contributed by atoms with E-state index in [2.05, 4.69) is 22.4 Å². The van der Waals surface area contributed by atoms with E-state index in [0.717, 1.165) is 42.5 Å². The van der Waals surface area contributed by atoms with Gasteiger partial charge in [0, 0.05) is 42.4 Å². The third kappa shape index (κ3) is 3.74. The van der Waals surface area contributed by atoms with Crippen LogP contribution < -0.4 is 10.1 Å². The highest BCUT2D eigenvalue weighted by atomic mass is 16.5. The lowest BCUT2D eigenvalue weighted by Gasteiger charge is -2.28. The number of carbonyl (C=O) groups is 1. The monoisotopic (exact) mass is 419 g/mol. The van der Waals surface area contributed by atoms with Crippen LogP contribution >= 0.6 is 0 Å². The van der Waals surface area contributed by atoms with E-state index in [0.29, 0.717) is 28.5 Å². The number of pyridine rings is 1. The molecule has 0 unspecified atom stereocenters. The molecule has 160 valence electrons. The fraction of sp³-hybridized carbons (Fsp3) is 0.348. The predicted octanol–water partition coefficient (Wildman–Crippen LogP) is 3.78. The Morgan fingerprint density at radius 1 is 1.16 bits per heavy atom. The van der Waals surface area contributed by atoms with Gasteiger partial charge in [-0.15, -0.1) is 0 Å². The van der Waals surface area contributed by atoms with E-state index in [4.69, 9.17) is 14.1 Å². The standard InChI is InChI=1S/C23H25N5O3/c1-27-8-6-14(7-9-27)16-4-5-20-19(24-16)12-22(31-20)23(29)25-18-10-15-13-28(2)26-17(15)11-21(18)30-3/h4-5,10-14H,6-9H2,1-3H3,(H,25,29). The minimum Gasteiger partial charge on any atom is -0.494 e. The molecule has 1 aromatic carbocycles. The molecule has 4 aromatic rings. The number of hydrogen-bond acceptors (Lipinski definition) is 6. The second kappa shape index (κ2) is 7.70. The van der Waals surface area contributed by atoms with Crippen molar-refractivity contribution < 1.29 is 13.9 Å². The Labute approximate surface area is 179 Å². The molecule has 1 N–H and O–H groups in total. The zero-order chi connectivity index (χ0) is 21.5. The number of methoxy groups -OCH3 is 1. The first-order valence-electron chi connectivity index (χ1n) is 10.4. The van der Waals surface area contributed by atoms with Gasteiger partial charge < -0.3 is 19.4 Å². The van der Waals surface area contributed by atoms with Gasteiger partial charge in [-0.05, 0) is 51.2 Å². The van der Waals surface area contributed by atoms with Crippen molar-refractivity contribution >= 4 is 33.6 Å². The summed E-state index contributed by atoms with van der Waals surface area (Å²) in [6.07, 6.45) is 4.08. The topological polar surface area (TPSA) is 85.4 Å². The van der Waals surface area contributed by atoms with Crippen molar-refractivity contribution in [3.8, 4) is 5.75 Å². The Morgan fingerprint density at radius 3 is 2.74 bits per heavy atom. The number of fused-ring (bicyclic) bond motifs is 2. The number of aromatic nitrogens is 3. The van der Waals surface area contributed by atoms with Gasteiger partial charge in [0.15, 0.2) is 11.3 Å². The first kappa shape index (κ1) is 19.6. The zero-order valence-electron chi connectivity index (χ0n) is 17.9. The third-order valence-electron chi connectivity index (χ3n) is 5.94. The summed E-state index contributed by atoms with van der Waals surface area (Å²) in [6.45, 7) is 2.15. The Balaban J connectivity index is 1.40. The highest BCUT2D eigenvalue weighted by Crippen LogP contribution is 2.31. The number of anilines is 1. The van der Waals surface area contributed by atoms with Crippen LogP contribution in [0.4, 0.5) is 5.69 Å². The summed E-state index contributed by atoms with van der Waals surface area (Å²) in [6, 6.07) is 9.29. The maximum atomic E-state index is 12.9. The molecule has 5 rings (SSSR count). The van der Waals surface area contributed by atoms with Crippen molar-refractivity contribution in [1.82, 2.24) is 19.7 Å². The Morgan fingerprint density at radius 2 is 1.97 bits per heavy atom. The molecule has 1 amide bonds. The molecule has 0 bridgehead atoms. The Bertz CT molecular complexity index is 1270. The molecule has 1 fully saturated rings. The van der Waals surface area contributed by atoms with Gasteiger partial charge in [-0.2, -0.15) is 5.10 Å². The Kier molecular flexibility index (Phi) is 4.86. The predicted molar refractivity (Wildman–Crippen MR) is 119 cm³/mol. The van der Waals surface area contributed by atoms with Crippen LogP contribution in [-0.4, -0.2) is 52.8 Å². The summed E-state index contributed by atoms with van der Waals surface area (Å²) in [5, 5.41) is 8.18. The SMILES string of the molecule is COc1cc2nn(C)cc2cc1NC(=O)c1cc2nc(C3CCN(C)CC3)ccc2o1. The fourth-order valence-electron chi connectivity index (χ4n) is 4.21. The number of nitrogens with zero attached hydrogens (tertiary/aromatic N) is 4. The lowest BCUT2D eigenvalue weighted by atomic mass is 9.93. The second-order valence-electron chi connectivity index (χ2n) is 8.18. The molecular weight excluding hydrogens is 394 g/mol. The second-order valence-corrected chi connectivity index (χ2v) is 8.18. The normalized spacial score (nSPS) is 15.6. The van der Waals surface area contributed by atoms with Crippen molar-refractivity contribution in [3.63, 3.8) is 0 Å². The number of benzene rings is 1. The summed E-state index contributed by atoms with van der Waals surface area (Å²) in [5.74, 6) is 0.860. The number of ether oxygens (including phenoxy) is 1. The van der Waals surface area contributed by atoms with Crippen LogP contribution in [0.15, 0.2) is 40.9 Å². The van der Waals surface area contributed by atoms with Crippen molar-refractivity contribution in [1.29, 1.82) is 0 Å². The lowest BCUT2D eigenvalue weighted by molar-refractivity contribution is 0.0998. The minimum atomic E-state index is -0.347. The van der Waals surface area contributed by atoms with Crippen molar-refractivity contribution in [2.24, 2.45) is 7.05 Å². The molecule has 0 saturated carbocycles. The summed E-state index contributed by atoms with van der Waals surface area (Å²) in [5.41, 5.74) is 3.74. The van der Waals surface area contributed by atoms with Gasteiger partial charge in [0.25, 0.3) is 5.91 Å². The number of amides is 1. The minimum absolute atomic E-state index is 0.219. The highest BCUT2D eigenvalue weighted by molar-refractivity contribution is 6.06. The van der Waals surface area contributed by atoms with Crippen LogP contribution in [0.2, 0.25) is 0 Å². The molecule has 1 saturated heterocycles. The molecule has 1 aliphatic rings. The maximum absolute atomic E-state index is 12.9. The first-order valence-corrected chi connectivity index (χ1v) is 10.4. The summed E-state index contributed by atoms with van der Waals surface area (Å²) in [7, 11) is 5.57. The van der Waals surface area contributed by atoms with Crippen molar-refractivity contribution in [2.45, 2.75) is 18.8 Å². The molecule has 0 radical (unpaired) electrons. The van der Waals surface area contributed by atoms with Gasteiger partial charge in [-0.25, -0.2) is 4.98 Å². The number of hydrogen-bond donors (Lipinski definition) is 1. The van der Waals surface area contributed by atoms with E-state index in [1.54, 1.807) is 23.9 Å². The lowest BCUT2D eigenvalue weighted by Crippen LogP contribution is -2.29. The summed E-state index contributed by atoms with van der Waals surface area (Å²) in [4.78, 5) is 20.0. The van der Waals surface area contributed by atoms with E-state index >= 15 is 0 Å². The van der Waals surface area contributed by atoms with Gasteiger partial charge in [0.2, 0.25) is 0 Å². The summed E-state index contributed by atoms with van der Waals surface area (Å²) < 4.78 is 12.9. The molecule has 1 aliphatic heterocycles. The number of piperidine rings is 1. The van der Waals surface area contributed by atoms with E-state index in [-0.39, 0.29) is 11.7 Å². The average Bonchev–Trinajstić information content (AvgIpc) is 3.35. The molecule has 8 nitrogen and oxygen atoms in total. The molecule has 3 aromatic heterocycles. The average molecular weight is 419 g/mol. The molecule has 4 heterocycles. The molecule has 8 heteroatoms. The van der Waals surface area contributed by atoms with Crippen LogP contribution in [0, 0.1) is 0 Å². The summed E-state index contributed by atoms with van der Waals surface area (Å²) >= 11 is 0. The molecular formula is C23H25N5O3. The zero-order valence-corrected chi connectivity index (χ0v) is 17.9. The molecule has 31 heavy (non-hydrogen) atoms. The van der Waals surface area contributed by atoms with Crippen LogP contribution in [0.3, 0.4) is 0 Å². The van der Waals surface area contributed by atoms with Crippen LogP contribution in [0.1, 0.15) is 35.0 Å². The van der Waals surface area contributed by atoms with E-state index < -0.39 is 0 Å². The number of furan rings is 1. The number of rotatable bonds is 4. The smallest absolute Gasteiger partial charge is 0.291 e. The first-order chi connectivity index (χ1) is 15.0. The third-order valence-corrected chi connectivity index (χ3v) is 5.94. The largest absolute Gasteiger partial charge is 0.494 e. The Hall–Kier alpha value is -3.39. The quantitative estimate of drug-likeness (QED) is 0.542. The van der Waals surface area contributed by atoms with Gasteiger partial charge in [-0.3, -0.25) is 9.48 Å². The van der Waals surface area contributed by atoms with Crippen LogP contribution in [0.5, 0.6) is 5.75 Å². The molecule has 0 aliphatic carbocycles. The van der Waals surface area contributed by atoms with Gasteiger partial charge >= 0.3 is 0 Å². The number of aryl methyl sites for hydroxylation is 1. The highest BCUT2D eigenvalue weighted by Gasteiger charge is 2.21. The van der Waals surface area contributed by atoms with Crippen LogP contribution in [0.25, 0.3) is 22.0 Å². The van der Waals surface area contributed by atoms with E-state index in [1.165, 1.54) is 0 Å². The van der Waals surface area contributed by atoms with E-state index in [9.17, 15) is 4.79 Å². The molecule has 0 atom stereocenters. The van der Waals surface area contributed by atoms with Crippen molar-refractivity contribution in [2.75, 3.05) is 32.6 Å². The van der Waals surface area contributed by atoms with Gasteiger partial charge in [0.05, 0.1) is 18.3 Å². The maximum Gasteiger partial charge on any atom is 0.291 e. The van der Waals surface area contributed by atoms with E-state index in [1.807, 2.05) is 31.4 Å². The number of nitrogens with one attached hydrogen (secondary N) is 1. The van der Waals surface area contributed by atoms with Crippen molar-refractivity contribution in [3.05, 3.63) is 48.0 Å².